The van der Waals surface area contributed by atoms with Crippen molar-refractivity contribution in [1.29, 1.82) is 0 Å². The van der Waals surface area contributed by atoms with Crippen LogP contribution < -0.4 is 0 Å². The van der Waals surface area contributed by atoms with Crippen molar-refractivity contribution in [3.05, 3.63) is 43.8 Å². The maximum absolute atomic E-state index is 11.1. The van der Waals surface area contributed by atoms with Gasteiger partial charge in [-0.1, -0.05) is 6.92 Å². The summed E-state index contributed by atoms with van der Waals surface area (Å²) in [6.07, 6.45) is 2.37. The zero-order valence-electron chi connectivity index (χ0n) is 10.8. The van der Waals surface area contributed by atoms with Crippen LogP contribution in [0.4, 0.5) is 5.69 Å². The van der Waals surface area contributed by atoms with Gasteiger partial charge in [0.15, 0.2) is 0 Å². The number of nitrogens with zero attached hydrogens (tertiary/aromatic N) is 4. The quantitative estimate of drug-likeness (QED) is 0.642. The zero-order chi connectivity index (χ0) is 14.2. The number of rotatable bonds is 3. The highest BCUT2D eigenvalue weighted by Crippen LogP contribution is 2.26. The average molecular weight is 325 g/mol. The van der Waals surface area contributed by atoms with E-state index in [-0.39, 0.29) is 11.5 Å². The van der Waals surface area contributed by atoms with Crippen molar-refractivity contribution >= 4 is 21.6 Å². The third kappa shape index (κ3) is 2.37. The van der Waals surface area contributed by atoms with Crippen molar-refractivity contribution < 1.29 is 4.92 Å². The first-order valence-corrected chi connectivity index (χ1v) is 6.60. The van der Waals surface area contributed by atoms with Crippen molar-refractivity contribution in [2.75, 3.05) is 0 Å². The second kappa shape index (κ2) is 5.08. The molecule has 0 unspecified atom stereocenters. The van der Waals surface area contributed by atoms with E-state index >= 15 is 0 Å². The van der Waals surface area contributed by atoms with Crippen LogP contribution in [-0.4, -0.2) is 19.7 Å². The zero-order valence-corrected chi connectivity index (χ0v) is 12.4. The van der Waals surface area contributed by atoms with Crippen LogP contribution in [0.2, 0.25) is 0 Å². The van der Waals surface area contributed by atoms with Crippen LogP contribution in [0.15, 0.2) is 16.7 Å². The summed E-state index contributed by atoms with van der Waals surface area (Å²) >= 11 is 3.19. The van der Waals surface area contributed by atoms with Gasteiger partial charge in [-0.05, 0) is 41.8 Å². The van der Waals surface area contributed by atoms with Gasteiger partial charge in [-0.25, -0.2) is 9.67 Å². The van der Waals surface area contributed by atoms with Gasteiger partial charge in [0, 0.05) is 22.4 Å². The SMILES string of the molecule is CCc1c(C)nn(-c2ncc(Br)cc2[N+](=O)[O-])c1C. The highest BCUT2D eigenvalue weighted by Gasteiger charge is 2.21. The van der Waals surface area contributed by atoms with Gasteiger partial charge in [-0.2, -0.15) is 5.10 Å². The molecule has 0 N–H and O–H groups in total. The Morgan fingerprint density at radius 3 is 2.68 bits per heavy atom. The van der Waals surface area contributed by atoms with E-state index in [0.29, 0.717) is 4.47 Å². The van der Waals surface area contributed by atoms with E-state index in [2.05, 4.69) is 26.0 Å². The molecular weight excluding hydrogens is 312 g/mol. The Morgan fingerprint density at radius 2 is 2.16 bits per heavy atom. The number of aryl methyl sites for hydroxylation is 1. The smallest absolute Gasteiger partial charge is 0.258 e. The van der Waals surface area contributed by atoms with Gasteiger partial charge in [0.1, 0.15) is 0 Å². The van der Waals surface area contributed by atoms with Crippen molar-refractivity contribution in [2.24, 2.45) is 0 Å². The predicted octanol–water partition coefficient (Wildman–Crippen LogP) is 3.12. The first kappa shape index (κ1) is 13.7. The van der Waals surface area contributed by atoms with Crippen LogP contribution >= 0.6 is 15.9 Å². The van der Waals surface area contributed by atoms with Gasteiger partial charge >= 0.3 is 5.69 Å². The minimum absolute atomic E-state index is 0.0670. The lowest BCUT2D eigenvalue weighted by molar-refractivity contribution is -0.385. The standard InChI is InChI=1S/C12H13BrN4O2/c1-4-10-7(2)15-16(8(10)3)12-11(17(18)19)5-9(13)6-14-12/h5-6H,4H2,1-3H3. The highest BCUT2D eigenvalue weighted by atomic mass is 79.9. The Hall–Kier alpha value is -1.76. The molecule has 0 aromatic carbocycles. The molecule has 100 valence electrons. The van der Waals surface area contributed by atoms with Crippen LogP contribution in [0.3, 0.4) is 0 Å². The summed E-state index contributed by atoms with van der Waals surface area (Å²) in [6.45, 7) is 5.82. The minimum atomic E-state index is -0.449. The fraction of sp³-hybridized carbons (Fsp3) is 0.333. The molecule has 0 spiro atoms. The lowest BCUT2D eigenvalue weighted by Crippen LogP contribution is -2.06. The molecular formula is C12H13BrN4O2. The Morgan fingerprint density at radius 1 is 1.47 bits per heavy atom. The van der Waals surface area contributed by atoms with Gasteiger partial charge in [-0.15, -0.1) is 0 Å². The summed E-state index contributed by atoms with van der Waals surface area (Å²) in [7, 11) is 0. The Balaban J connectivity index is 2.69. The molecule has 0 amide bonds. The average Bonchev–Trinajstić information content (AvgIpc) is 2.64. The number of aromatic nitrogens is 3. The van der Waals surface area contributed by atoms with Crippen LogP contribution in [0.5, 0.6) is 0 Å². The second-order valence-corrected chi connectivity index (χ2v) is 5.08. The first-order chi connectivity index (χ1) is 8.95. The molecule has 0 atom stereocenters. The maximum Gasteiger partial charge on any atom is 0.314 e. The Kier molecular flexibility index (Phi) is 3.66. The number of pyridine rings is 1. The number of hydrogen-bond donors (Lipinski definition) is 0. The number of hydrogen-bond acceptors (Lipinski definition) is 4. The monoisotopic (exact) mass is 324 g/mol. The first-order valence-electron chi connectivity index (χ1n) is 5.81. The van der Waals surface area contributed by atoms with Crippen molar-refractivity contribution in [2.45, 2.75) is 27.2 Å². The van der Waals surface area contributed by atoms with Crippen LogP contribution in [0, 0.1) is 24.0 Å². The van der Waals surface area contributed by atoms with Crippen LogP contribution in [0.25, 0.3) is 5.82 Å². The molecule has 0 aliphatic rings. The van der Waals surface area contributed by atoms with Crippen LogP contribution in [0.1, 0.15) is 23.9 Å². The third-order valence-corrected chi connectivity index (χ3v) is 3.44. The fourth-order valence-electron chi connectivity index (χ4n) is 2.11. The number of halogens is 1. The molecule has 0 fully saturated rings. The van der Waals surface area contributed by atoms with E-state index in [1.807, 2.05) is 20.8 Å². The molecule has 0 saturated heterocycles. The molecule has 2 aromatic heterocycles. The molecule has 0 aliphatic carbocycles. The summed E-state index contributed by atoms with van der Waals surface area (Å²) in [5.74, 6) is 0.244. The summed E-state index contributed by atoms with van der Waals surface area (Å²) in [5.41, 5.74) is 2.79. The maximum atomic E-state index is 11.1. The molecule has 2 heterocycles. The summed E-state index contributed by atoms with van der Waals surface area (Å²) in [6, 6.07) is 1.43. The van der Waals surface area contributed by atoms with E-state index in [0.717, 1.165) is 23.4 Å². The predicted molar refractivity (Wildman–Crippen MR) is 74.6 cm³/mol. The summed E-state index contributed by atoms with van der Waals surface area (Å²) in [5, 5.41) is 15.5. The molecule has 7 heteroatoms. The van der Waals surface area contributed by atoms with Gasteiger partial charge in [0.2, 0.25) is 5.82 Å². The molecule has 0 bridgehead atoms. The Labute approximate surface area is 118 Å². The topological polar surface area (TPSA) is 73.8 Å². The lowest BCUT2D eigenvalue weighted by atomic mass is 10.1. The largest absolute Gasteiger partial charge is 0.314 e. The van der Waals surface area contributed by atoms with Gasteiger partial charge < -0.3 is 0 Å². The van der Waals surface area contributed by atoms with E-state index < -0.39 is 4.92 Å². The summed E-state index contributed by atoms with van der Waals surface area (Å²) in [4.78, 5) is 14.8. The fourth-order valence-corrected chi connectivity index (χ4v) is 2.43. The third-order valence-electron chi connectivity index (χ3n) is 3.01. The van der Waals surface area contributed by atoms with Gasteiger partial charge in [-0.3, -0.25) is 10.1 Å². The molecule has 0 aliphatic heterocycles. The normalized spacial score (nSPS) is 10.7. The highest BCUT2D eigenvalue weighted by molar-refractivity contribution is 9.10. The van der Waals surface area contributed by atoms with Crippen LogP contribution in [-0.2, 0) is 6.42 Å². The molecule has 19 heavy (non-hydrogen) atoms. The minimum Gasteiger partial charge on any atom is -0.258 e. The van der Waals surface area contributed by atoms with E-state index in [9.17, 15) is 10.1 Å². The molecule has 2 aromatic rings. The molecule has 2 rings (SSSR count). The molecule has 0 radical (unpaired) electrons. The van der Waals surface area contributed by atoms with E-state index in [1.165, 1.54) is 12.3 Å². The van der Waals surface area contributed by atoms with Gasteiger partial charge in [0.05, 0.1) is 10.6 Å². The number of nitro groups is 1. The van der Waals surface area contributed by atoms with Crippen molar-refractivity contribution in [1.82, 2.24) is 14.8 Å². The van der Waals surface area contributed by atoms with Crippen molar-refractivity contribution in [3.8, 4) is 5.82 Å². The molecule has 0 saturated carbocycles. The van der Waals surface area contributed by atoms with Gasteiger partial charge in [0.25, 0.3) is 0 Å². The van der Waals surface area contributed by atoms with E-state index in [1.54, 1.807) is 4.68 Å². The van der Waals surface area contributed by atoms with E-state index in [4.69, 9.17) is 0 Å². The molecule has 6 nitrogen and oxygen atoms in total. The summed E-state index contributed by atoms with van der Waals surface area (Å²) < 4.78 is 2.11. The Bertz CT molecular complexity index is 651. The van der Waals surface area contributed by atoms with Crippen molar-refractivity contribution in [3.63, 3.8) is 0 Å². The lowest BCUT2D eigenvalue weighted by Gasteiger charge is -2.05. The second-order valence-electron chi connectivity index (χ2n) is 4.17.